The van der Waals surface area contributed by atoms with E-state index in [0.717, 1.165) is 5.56 Å². The van der Waals surface area contributed by atoms with Gasteiger partial charge < -0.3 is 10.6 Å². The van der Waals surface area contributed by atoms with Gasteiger partial charge in [-0.2, -0.15) is 5.10 Å². The van der Waals surface area contributed by atoms with Gasteiger partial charge in [0.25, 0.3) is 5.91 Å². The SMILES string of the molecule is CC(C)(C)c1ccc2c(c1)C(=NNC(=S)Nc1cccc(S(N)(=O)=O)c1)C(=O)N2. The Balaban J connectivity index is 1.79. The number of fused-ring (bicyclic) bond motifs is 1. The molecule has 0 bridgehead atoms. The van der Waals surface area contributed by atoms with E-state index in [2.05, 4.69) is 41.9 Å². The second-order valence-corrected chi connectivity index (χ2v) is 9.53. The van der Waals surface area contributed by atoms with E-state index in [0.29, 0.717) is 16.9 Å². The molecule has 0 saturated heterocycles. The van der Waals surface area contributed by atoms with Crippen LogP contribution in [0.4, 0.5) is 11.4 Å². The molecular weight excluding hydrogens is 410 g/mol. The molecular formula is C19H21N5O3S2. The number of amides is 1. The number of sulfonamides is 1. The predicted octanol–water partition coefficient (Wildman–Crippen LogP) is 2.27. The fourth-order valence-corrected chi connectivity index (χ4v) is 3.47. The van der Waals surface area contributed by atoms with E-state index in [-0.39, 0.29) is 27.0 Å². The highest BCUT2D eigenvalue weighted by molar-refractivity contribution is 7.89. The standard InChI is InChI=1S/C19H21N5O3S2/c1-19(2,3)11-7-8-15-14(9-11)16(17(25)22-15)23-24-18(28)21-12-5-4-6-13(10-12)29(20,26)27/h4-10H,1-3H3,(H2,20,26,27)(H2,21,24,28)(H,22,23,25). The number of nitrogens with one attached hydrogen (secondary N) is 3. The summed E-state index contributed by atoms with van der Waals surface area (Å²) in [4.78, 5) is 12.2. The molecule has 0 unspecified atom stereocenters. The van der Waals surface area contributed by atoms with Crippen LogP contribution in [0.15, 0.2) is 52.5 Å². The van der Waals surface area contributed by atoms with Gasteiger partial charge in [-0.15, -0.1) is 0 Å². The molecule has 2 aromatic rings. The average molecular weight is 432 g/mol. The minimum Gasteiger partial charge on any atom is -0.331 e. The van der Waals surface area contributed by atoms with Crippen molar-refractivity contribution in [3.63, 3.8) is 0 Å². The summed E-state index contributed by atoms with van der Waals surface area (Å²) in [6.45, 7) is 6.26. The lowest BCUT2D eigenvalue weighted by atomic mass is 9.86. The van der Waals surface area contributed by atoms with Crippen LogP contribution in [0.5, 0.6) is 0 Å². The van der Waals surface area contributed by atoms with Gasteiger partial charge in [0.05, 0.1) is 10.6 Å². The highest BCUT2D eigenvalue weighted by atomic mass is 32.2. The van der Waals surface area contributed by atoms with Crippen molar-refractivity contribution < 1.29 is 13.2 Å². The van der Waals surface area contributed by atoms with Gasteiger partial charge in [-0.3, -0.25) is 10.2 Å². The lowest BCUT2D eigenvalue weighted by molar-refractivity contribution is -0.110. The van der Waals surface area contributed by atoms with Crippen molar-refractivity contribution in [2.45, 2.75) is 31.1 Å². The van der Waals surface area contributed by atoms with Crippen molar-refractivity contribution in [3.8, 4) is 0 Å². The fraction of sp³-hybridized carbons (Fsp3) is 0.211. The van der Waals surface area contributed by atoms with Crippen molar-refractivity contribution in [1.82, 2.24) is 5.43 Å². The summed E-state index contributed by atoms with van der Waals surface area (Å²) in [5, 5.41) is 15.0. The first-order chi connectivity index (χ1) is 13.4. The molecule has 1 aliphatic heterocycles. The van der Waals surface area contributed by atoms with Gasteiger partial charge in [-0.1, -0.05) is 32.9 Å². The fourth-order valence-electron chi connectivity index (χ4n) is 2.75. The molecule has 0 atom stereocenters. The zero-order chi connectivity index (χ0) is 21.4. The average Bonchev–Trinajstić information content (AvgIpc) is 2.93. The Kier molecular flexibility index (Phi) is 5.44. The number of primary sulfonamides is 1. The zero-order valence-corrected chi connectivity index (χ0v) is 17.7. The van der Waals surface area contributed by atoms with E-state index in [4.69, 9.17) is 17.4 Å². The Morgan fingerprint density at radius 3 is 2.55 bits per heavy atom. The maximum Gasteiger partial charge on any atom is 0.276 e. The molecule has 0 radical (unpaired) electrons. The van der Waals surface area contributed by atoms with E-state index < -0.39 is 10.0 Å². The number of rotatable bonds is 3. The molecule has 10 heteroatoms. The summed E-state index contributed by atoms with van der Waals surface area (Å²) in [5.74, 6) is -0.336. The molecule has 0 aromatic heterocycles. The van der Waals surface area contributed by atoms with Crippen LogP contribution in [0, 0.1) is 0 Å². The molecule has 29 heavy (non-hydrogen) atoms. The second kappa shape index (κ2) is 7.54. The maximum atomic E-state index is 12.3. The molecule has 0 fully saturated rings. The molecule has 0 aliphatic carbocycles. The number of anilines is 2. The van der Waals surface area contributed by atoms with Gasteiger partial charge in [-0.05, 0) is 53.5 Å². The Bertz CT molecular complexity index is 1130. The van der Waals surface area contributed by atoms with E-state index >= 15 is 0 Å². The molecule has 5 N–H and O–H groups in total. The van der Waals surface area contributed by atoms with Gasteiger partial charge in [0, 0.05) is 11.3 Å². The molecule has 152 valence electrons. The van der Waals surface area contributed by atoms with Crippen LogP contribution in [0.25, 0.3) is 0 Å². The number of carbonyl (C=O) groups is 1. The topological polar surface area (TPSA) is 126 Å². The van der Waals surface area contributed by atoms with Gasteiger partial charge in [0.2, 0.25) is 10.0 Å². The van der Waals surface area contributed by atoms with E-state index in [1.54, 1.807) is 6.07 Å². The summed E-state index contributed by atoms with van der Waals surface area (Å²) >= 11 is 5.19. The third-order valence-corrected chi connectivity index (χ3v) is 5.40. The first kappa shape index (κ1) is 20.9. The van der Waals surface area contributed by atoms with Crippen molar-refractivity contribution in [2.75, 3.05) is 10.6 Å². The molecule has 3 rings (SSSR count). The number of hydrogen-bond donors (Lipinski definition) is 4. The lowest BCUT2D eigenvalue weighted by Gasteiger charge is -2.19. The Labute approximate surface area is 174 Å². The number of hydrogen-bond acceptors (Lipinski definition) is 5. The van der Waals surface area contributed by atoms with E-state index in [1.807, 2.05) is 18.2 Å². The highest BCUT2D eigenvalue weighted by Crippen LogP contribution is 2.30. The van der Waals surface area contributed by atoms with Crippen LogP contribution < -0.4 is 21.2 Å². The van der Waals surface area contributed by atoms with Gasteiger partial charge in [-0.25, -0.2) is 13.6 Å². The van der Waals surface area contributed by atoms with Crippen LogP contribution >= 0.6 is 12.2 Å². The Morgan fingerprint density at radius 2 is 1.90 bits per heavy atom. The highest BCUT2D eigenvalue weighted by Gasteiger charge is 2.28. The van der Waals surface area contributed by atoms with E-state index in [1.165, 1.54) is 18.2 Å². The van der Waals surface area contributed by atoms with Crippen LogP contribution in [0.3, 0.4) is 0 Å². The van der Waals surface area contributed by atoms with Crippen LogP contribution in [0.1, 0.15) is 31.9 Å². The number of nitrogens with two attached hydrogens (primary N) is 1. The zero-order valence-electron chi connectivity index (χ0n) is 16.1. The monoisotopic (exact) mass is 431 g/mol. The van der Waals surface area contributed by atoms with Crippen molar-refractivity contribution in [3.05, 3.63) is 53.6 Å². The molecule has 1 aliphatic rings. The van der Waals surface area contributed by atoms with Gasteiger partial charge in [0.1, 0.15) is 0 Å². The quantitative estimate of drug-likeness (QED) is 0.436. The summed E-state index contributed by atoms with van der Waals surface area (Å²) in [7, 11) is -3.83. The molecule has 8 nitrogen and oxygen atoms in total. The Morgan fingerprint density at radius 1 is 1.17 bits per heavy atom. The predicted molar refractivity (Wildman–Crippen MR) is 117 cm³/mol. The largest absolute Gasteiger partial charge is 0.331 e. The first-order valence-electron chi connectivity index (χ1n) is 8.69. The molecule has 1 amide bonds. The van der Waals surface area contributed by atoms with Crippen molar-refractivity contribution in [2.24, 2.45) is 10.2 Å². The number of thiocarbonyl (C=S) groups is 1. The normalized spacial score (nSPS) is 15.0. The van der Waals surface area contributed by atoms with Crippen molar-refractivity contribution >= 4 is 50.3 Å². The Hall–Kier alpha value is -2.82. The summed E-state index contributed by atoms with van der Waals surface area (Å²) in [5.41, 5.74) is 5.62. The summed E-state index contributed by atoms with van der Waals surface area (Å²) < 4.78 is 22.9. The van der Waals surface area contributed by atoms with E-state index in [9.17, 15) is 13.2 Å². The number of nitrogens with zero attached hydrogens (tertiary/aromatic N) is 1. The lowest BCUT2D eigenvalue weighted by Crippen LogP contribution is -2.27. The van der Waals surface area contributed by atoms with Gasteiger partial charge >= 0.3 is 0 Å². The smallest absolute Gasteiger partial charge is 0.276 e. The number of benzene rings is 2. The van der Waals surface area contributed by atoms with Crippen molar-refractivity contribution in [1.29, 1.82) is 0 Å². The first-order valence-corrected chi connectivity index (χ1v) is 10.6. The second-order valence-electron chi connectivity index (χ2n) is 7.56. The minimum atomic E-state index is -3.83. The van der Waals surface area contributed by atoms with Crippen LogP contribution in [0.2, 0.25) is 0 Å². The third kappa shape index (κ3) is 4.78. The molecule has 2 aromatic carbocycles. The van der Waals surface area contributed by atoms with Crippen LogP contribution in [-0.2, 0) is 20.2 Å². The minimum absolute atomic E-state index is 0.0459. The summed E-state index contributed by atoms with van der Waals surface area (Å²) in [6, 6.07) is 11.6. The van der Waals surface area contributed by atoms with Crippen LogP contribution in [-0.4, -0.2) is 25.1 Å². The number of carbonyl (C=O) groups excluding carboxylic acids is 1. The molecule has 0 spiro atoms. The third-order valence-electron chi connectivity index (χ3n) is 4.29. The molecule has 0 saturated carbocycles. The van der Waals surface area contributed by atoms with Gasteiger partial charge in [0.15, 0.2) is 10.8 Å². The number of hydrazone groups is 1. The summed E-state index contributed by atoms with van der Waals surface area (Å²) in [6.07, 6.45) is 0. The maximum absolute atomic E-state index is 12.3. The molecule has 1 heterocycles.